The Morgan fingerprint density at radius 2 is 2.14 bits per heavy atom. The van der Waals surface area contributed by atoms with E-state index in [1.165, 1.54) is 24.1 Å². The van der Waals surface area contributed by atoms with Crippen molar-refractivity contribution in [3.8, 4) is 11.1 Å². The molecule has 3 heterocycles. The molecule has 7 nitrogen and oxygen atoms in total. The van der Waals surface area contributed by atoms with Gasteiger partial charge in [0.05, 0.1) is 29.4 Å². The van der Waals surface area contributed by atoms with Crippen LogP contribution in [-0.4, -0.2) is 34.5 Å². The predicted molar refractivity (Wildman–Crippen MR) is 104 cm³/mol. The number of carbonyl (C=O) groups is 1. The van der Waals surface area contributed by atoms with E-state index in [2.05, 4.69) is 10.1 Å². The number of pyridine rings is 1. The van der Waals surface area contributed by atoms with Gasteiger partial charge in [0, 0.05) is 17.6 Å². The van der Waals surface area contributed by atoms with Crippen molar-refractivity contribution in [2.75, 3.05) is 13.7 Å². The number of para-hydroxylation sites is 1. The standard InChI is InChI=1S/C20H18ClN3O4/c1-27-20(26)16-10-13(12-6-2-3-7-15(12)23-16)18-14(21)11-22-24(19(18)25)17-8-4-5-9-28-17/h2-3,6-7,10-11,17H,4-5,8-9H2,1H3. The molecule has 1 aliphatic rings. The predicted octanol–water partition coefficient (Wildman–Crippen LogP) is 3.60. The Balaban J connectivity index is 1.97. The van der Waals surface area contributed by atoms with Gasteiger partial charge in [-0.2, -0.15) is 5.10 Å². The van der Waals surface area contributed by atoms with Crippen LogP contribution in [0.3, 0.4) is 0 Å². The van der Waals surface area contributed by atoms with Gasteiger partial charge >= 0.3 is 5.97 Å². The van der Waals surface area contributed by atoms with Gasteiger partial charge in [0.1, 0.15) is 5.69 Å². The molecule has 1 aliphatic heterocycles. The number of aromatic nitrogens is 3. The average Bonchev–Trinajstić information content (AvgIpc) is 2.73. The molecule has 0 aliphatic carbocycles. The van der Waals surface area contributed by atoms with Crippen LogP contribution in [0.5, 0.6) is 0 Å². The van der Waals surface area contributed by atoms with Crippen LogP contribution in [-0.2, 0) is 9.47 Å². The summed E-state index contributed by atoms with van der Waals surface area (Å²) in [6, 6.07) is 8.77. The minimum Gasteiger partial charge on any atom is -0.464 e. The van der Waals surface area contributed by atoms with Gasteiger partial charge in [-0.05, 0) is 31.4 Å². The topological polar surface area (TPSA) is 83.3 Å². The first-order chi connectivity index (χ1) is 13.6. The maximum absolute atomic E-state index is 13.3. The molecule has 1 aromatic carbocycles. The highest BCUT2D eigenvalue weighted by Crippen LogP contribution is 2.32. The quantitative estimate of drug-likeness (QED) is 0.626. The van der Waals surface area contributed by atoms with Crippen LogP contribution in [0.25, 0.3) is 22.0 Å². The first-order valence-corrected chi connectivity index (χ1v) is 9.35. The van der Waals surface area contributed by atoms with Gasteiger partial charge in [-0.15, -0.1) is 0 Å². The highest BCUT2D eigenvalue weighted by atomic mass is 35.5. The number of nitrogens with zero attached hydrogens (tertiary/aromatic N) is 3. The first-order valence-electron chi connectivity index (χ1n) is 8.97. The molecule has 8 heteroatoms. The van der Waals surface area contributed by atoms with E-state index in [0.717, 1.165) is 12.8 Å². The molecular formula is C20H18ClN3O4. The van der Waals surface area contributed by atoms with Crippen molar-refractivity contribution in [3.05, 3.63) is 57.6 Å². The fourth-order valence-electron chi connectivity index (χ4n) is 3.40. The number of esters is 1. The third-order valence-electron chi connectivity index (χ3n) is 4.76. The van der Waals surface area contributed by atoms with Gasteiger partial charge in [0.2, 0.25) is 0 Å². The van der Waals surface area contributed by atoms with Gasteiger partial charge in [-0.1, -0.05) is 29.8 Å². The molecule has 1 saturated heterocycles. The summed E-state index contributed by atoms with van der Waals surface area (Å²) in [5.74, 6) is -0.590. The summed E-state index contributed by atoms with van der Waals surface area (Å²) < 4.78 is 11.8. The fourth-order valence-corrected chi connectivity index (χ4v) is 3.63. The number of rotatable bonds is 3. The van der Waals surface area contributed by atoms with Gasteiger partial charge in [0.25, 0.3) is 5.56 Å². The number of fused-ring (bicyclic) bond motifs is 1. The average molecular weight is 400 g/mol. The van der Waals surface area contributed by atoms with Gasteiger partial charge in [-0.3, -0.25) is 4.79 Å². The van der Waals surface area contributed by atoms with Crippen LogP contribution in [0.1, 0.15) is 36.0 Å². The van der Waals surface area contributed by atoms with E-state index >= 15 is 0 Å². The van der Waals surface area contributed by atoms with E-state index in [1.807, 2.05) is 18.2 Å². The molecule has 2 aromatic heterocycles. The van der Waals surface area contributed by atoms with Crippen molar-refractivity contribution >= 4 is 28.5 Å². The largest absolute Gasteiger partial charge is 0.464 e. The number of hydrogen-bond acceptors (Lipinski definition) is 6. The van der Waals surface area contributed by atoms with E-state index < -0.39 is 12.2 Å². The molecule has 144 valence electrons. The van der Waals surface area contributed by atoms with E-state index in [-0.39, 0.29) is 21.8 Å². The Morgan fingerprint density at radius 3 is 2.89 bits per heavy atom. The summed E-state index contributed by atoms with van der Waals surface area (Å²) in [5.41, 5.74) is 1.06. The third-order valence-corrected chi connectivity index (χ3v) is 5.05. The summed E-state index contributed by atoms with van der Waals surface area (Å²) in [7, 11) is 1.28. The molecule has 0 bridgehead atoms. The summed E-state index contributed by atoms with van der Waals surface area (Å²) in [4.78, 5) is 29.7. The van der Waals surface area contributed by atoms with E-state index in [1.54, 1.807) is 6.07 Å². The summed E-state index contributed by atoms with van der Waals surface area (Å²) in [5, 5.41) is 5.08. The zero-order valence-corrected chi connectivity index (χ0v) is 16.0. The Morgan fingerprint density at radius 1 is 1.32 bits per heavy atom. The van der Waals surface area contributed by atoms with Crippen molar-refractivity contribution < 1.29 is 14.3 Å². The zero-order valence-electron chi connectivity index (χ0n) is 15.2. The normalized spacial score (nSPS) is 16.9. The molecule has 1 atom stereocenters. The van der Waals surface area contributed by atoms with Crippen LogP contribution in [0, 0.1) is 0 Å². The third kappa shape index (κ3) is 3.27. The molecule has 3 aromatic rings. The lowest BCUT2D eigenvalue weighted by molar-refractivity contribution is -0.0423. The van der Waals surface area contributed by atoms with Crippen molar-refractivity contribution in [1.82, 2.24) is 14.8 Å². The van der Waals surface area contributed by atoms with Gasteiger partial charge in [-0.25, -0.2) is 14.5 Å². The summed E-state index contributed by atoms with van der Waals surface area (Å²) in [6.45, 7) is 0.585. The maximum Gasteiger partial charge on any atom is 0.356 e. The van der Waals surface area contributed by atoms with Crippen molar-refractivity contribution in [2.45, 2.75) is 25.5 Å². The molecular weight excluding hydrogens is 382 g/mol. The van der Waals surface area contributed by atoms with Crippen LogP contribution in [0.15, 0.2) is 41.3 Å². The second-order valence-electron chi connectivity index (χ2n) is 6.50. The maximum atomic E-state index is 13.3. The monoisotopic (exact) mass is 399 g/mol. The van der Waals surface area contributed by atoms with E-state index in [0.29, 0.717) is 29.5 Å². The molecule has 0 saturated carbocycles. The lowest BCUT2D eigenvalue weighted by Crippen LogP contribution is -2.32. The lowest BCUT2D eigenvalue weighted by Gasteiger charge is -2.24. The number of ether oxygens (including phenoxy) is 2. The zero-order chi connectivity index (χ0) is 19.7. The highest BCUT2D eigenvalue weighted by molar-refractivity contribution is 6.33. The fraction of sp³-hybridized carbons (Fsp3) is 0.300. The minimum absolute atomic E-state index is 0.101. The first kappa shape index (κ1) is 18.6. The molecule has 28 heavy (non-hydrogen) atoms. The Kier molecular flexibility index (Phi) is 5.11. The second-order valence-corrected chi connectivity index (χ2v) is 6.91. The summed E-state index contributed by atoms with van der Waals surface area (Å²) >= 11 is 6.39. The smallest absolute Gasteiger partial charge is 0.356 e. The number of halogens is 1. The molecule has 4 rings (SSSR count). The number of methoxy groups -OCH3 is 1. The minimum atomic E-state index is -0.590. The molecule has 1 fully saturated rings. The van der Waals surface area contributed by atoms with E-state index in [9.17, 15) is 9.59 Å². The molecule has 0 amide bonds. The van der Waals surface area contributed by atoms with Crippen LogP contribution >= 0.6 is 11.6 Å². The number of hydrogen-bond donors (Lipinski definition) is 0. The van der Waals surface area contributed by atoms with Gasteiger partial charge < -0.3 is 9.47 Å². The van der Waals surface area contributed by atoms with Crippen LogP contribution < -0.4 is 5.56 Å². The van der Waals surface area contributed by atoms with E-state index in [4.69, 9.17) is 21.1 Å². The molecule has 0 N–H and O–H groups in total. The number of benzene rings is 1. The Hall–Kier alpha value is -2.77. The molecule has 1 unspecified atom stereocenters. The molecule has 0 radical (unpaired) electrons. The SMILES string of the molecule is COC(=O)c1cc(-c2c(Cl)cnn(C3CCCCO3)c2=O)c2ccccc2n1. The second kappa shape index (κ2) is 7.69. The summed E-state index contributed by atoms with van der Waals surface area (Å²) in [6.07, 6.45) is 3.64. The van der Waals surface area contributed by atoms with Gasteiger partial charge in [0.15, 0.2) is 6.23 Å². The van der Waals surface area contributed by atoms with Crippen molar-refractivity contribution in [2.24, 2.45) is 0 Å². The Bertz CT molecular complexity index is 1110. The highest BCUT2D eigenvalue weighted by Gasteiger charge is 2.23. The lowest BCUT2D eigenvalue weighted by atomic mass is 10.0. The van der Waals surface area contributed by atoms with Crippen LogP contribution in [0.2, 0.25) is 5.02 Å². The van der Waals surface area contributed by atoms with Crippen molar-refractivity contribution in [3.63, 3.8) is 0 Å². The number of carbonyl (C=O) groups excluding carboxylic acids is 1. The Labute approximate surface area is 165 Å². The van der Waals surface area contributed by atoms with Crippen molar-refractivity contribution in [1.29, 1.82) is 0 Å². The van der Waals surface area contributed by atoms with Crippen LogP contribution in [0.4, 0.5) is 0 Å². The molecule has 0 spiro atoms.